The molecule has 0 aliphatic rings. The van der Waals surface area contributed by atoms with Crippen LogP contribution in [-0.4, -0.2) is 16.1 Å². The number of nitrogens with zero attached hydrogens (tertiary/aromatic N) is 2. The van der Waals surface area contributed by atoms with Crippen molar-refractivity contribution in [1.82, 2.24) is 9.97 Å². The van der Waals surface area contributed by atoms with Crippen molar-refractivity contribution in [3.05, 3.63) is 47.9 Å². The second kappa shape index (κ2) is 5.27. The highest BCUT2D eigenvalue weighted by Gasteiger charge is 2.05. The molecule has 0 bridgehead atoms. The van der Waals surface area contributed by atoms with E-state index in [0.29, 0.717) is 5.75 Å². The highest BCUT2D eigenvalue weighted by atomic mass is 35.5. The second-order valence-corrected chi connectivity index (χ2v) is 3.38. The van der Waals surface area contributed by atoms with E-state index >= 15 is 0 Å². The van der Waals surface area contributed by atoms with Crippen molar-refractivity contribution in [1.29, 1.82) is 0 Å². The molecule has 0 saturated carbocycles. The van der Waals surface area contributed by atoms with E-state index in [0.717, 1.165) is 0 Å². The molecule has 0 fully saturated rings. The van der Waals surface area contributed by atoms with Gasteiger partial charge in [-0.25, -0.2) is 14.8 Å². The van der Waals surface area contributed by atoms with Crippen LogP contribution in [0.1, 0.15) is 0 Å². The Morgan fingerprint density at radius 2 is 2.00 bits per heavy atom. The summed E-state index contributed by atoms with van der Waals surface area (Å²) in [7, 11) is 0. The Morgan fingerprint density at radius 1 is 1.24 bits per heavy atom. The van der Waals surface area contributed by atoms with Crippen LogP contribution in [0.25, 0.3) is 0 Å². The molecule has 0 aliphatic carbocycles. The summed E-state index contributed by atoms with van der Waals surface area (Å²) in [5.74, 6) is 0.732. The van der Waals surface area contributed by atoms with Gasteiger partial charge in [-0.1, -0.05) is 18.2 Å². The third kappa shape index (κ3) is 3.42. The van der Waals surface area contributed by atoms with Crippen molar-refractivity contribution < 1.29 is 9.53 Å². The number of amides is 1. The van der Waals surface area contributed by atoms with E-state index in [1.165, 1.54) is 12.3 Å². The maximum absolute atomic E-state index is 11.5. The fourth-order valence-electron chi connectivity index (χ4n) is 1.13. The van der Waals surface area contributed by atoms with Gasteiger partial charge in [0, 0.05) is 6.20 Å². The lowest BCUT2D eigenvalue weighted by atomic mass is 10.3. The molecule has 6 heteroatoms. The molecule has 86 valence electrons. The zero-order valence-electron chi connectivity index (χ0n) is 8.63. The lowest BCUT2D eigenvalue weighted by molar-refractivity contribution is 0.215. The molecule has 0 spiro atoms. The zero-order valence-corrected chi connectivity index (χ0v) is 9.39. The molecule has 0 saturated heterocycles. The Labute approximate surface area is 102 Å². The van der Waals surface area contributed by atoms with E-state index in [-0.39, 0.29) is 11.1 Å². The number of para-hydroxylation sites is 1. The number of ether oxygens (including phenoxy) is 1. The van der Waals surface area contributed by atoms with E-state index < -0.39 is 6.09 Å². The molecule has 1 amide bonds. The summed E-state index contributed by atoms with van der Waals surface area (Å²) in [5, 5.41) is 2.49. The highest BCUT2D eigenvalue weighted by molar-refractivity contribution is 6.28. The minimum Gasteiger partial charge on any atom is -0.410 e. The predicted octanol–water partition coefficient (Wildman–Crippen LogP) is 2.74. The molecule has 1 aromatic carbocycles. The van der Waals surface area contributed by atoms with Crippen LogP contribution in [0.2, 0.25) is 5.28 Å². The lowest BCUT2D eigenvalue weighted by Gasteiger charge is -2.05. The molecule has 0 unspecified atom stereocenters. The van der Waals surface area contributed by atoms with Gasteiger partial charge in [-0.05, 0) is 29.8 Å². The maximum Gasteiger partial charge on any atom is 0.418 e. The first kappa shape index (κ1) is 11.3. The van der Waals surface area contributed by atoms with Crippen molar-refractivity contribution in [3.63, 3.8) is 0 Å². The molecule has 2 rings (SSSR count). The van der Waals surface area contributed by atoms with Gasteiger partial charge < -0.3 is 4.74 Å². The van der Waals surface area contributed by atoms with E-state index in [4.69, 9.17) is 16.3 Å². The van der Waals surface area contributed by atoms with Gasteiger partial charge in [0.25, 0.3) is 0 Å². The number of carbonyl (C=O) groups excluding carboxylic acids is 1. The fraction of sp³-hybridized carbons (Fsp3) is 0. The van der Waals surface area contributed by atoms with Crippen LogP contribution in [0.3, 0.4) is 0 Å². The second-order valence-electron chi connectivity index (χ2n) is 3.04. The summed E-state index contributed by atoms with van der Waals surface area (Å²) < 4.78 is 5.00. The standard InChI is InChI=1S/C11H8ClN3O2/c12-10-13-7-6-9(14-10)15-11(16)17-8-4-2-1-3-5-8/h1-7H,(H,13,14,15,16). The summed E-state index contributed by atoms with van der Waals surface area (Å²) in [6.07, 6.45) is 0.805. The number of hydrogen-bond acceptors (Lipinski definition) is 4. The van der Waals surface area contributed by atoms with Gasteiger partial charge in [-0.2, -0.15) is 0 Å². The Bertz CT molecular complexity index is 519. The van der Waals surface area contributed by atoms with Gasteiger partial charge in [-0.15, -0.1) is 0 Å². The molecule has 1 aromatic heterocycles. The predicted molar refractivity (Wildman–Crippen MR) is 63.1 cm³/mol. The van der Waals surface area contributed by atoms with Crippen LogP contribution in [0.4, 0.5) is 10.6 Å². The molecular formula is C11H8ClN3O2. The molecule has 17 heavy (non-hydrogen) atoms. The number of benzene rings is 1. The van der Waals surface area contributed by atoms with Crippen LogP contribution in [0, 0.1) is 0 Å². The van der Waals surface area contributed by atoms with Crippen LogP contribution in [0.15, 0.2) is 42.6 Å². The Hall–Kier alpha value is -2.14. The van der Waals surface area contributed by atoms with Crippen LogP contribution < -0.4 is 10.1 Å². The third-order valence-electron chi connectivity index (χ3n) is 1.81. The Kier molecular flexibility index (Phi) is 3.52. The van der Waals surface area contributed by atoms with Gasteiger partial charge in [0.2, 0.25) is 5.28 Å². The quantitative estimate of drug-likeness (QED) is 0.831. The van der Waals surface area contributed by atoms with E-state index in [1.54, 1.807) is 24.3 Å². The number of carbonyl (C=O) groups is 1. The lowest BCUT2D eigenvalue weighted by Crippen LogP contribution is -2.17. The fourth-order valence-corrected chi connectivity index (χ4v) is 1.28. The highest BCUT2D eigenvalue weighted by Crippen LogP contribution is 2.10. The molecular weight excluding hydrogens is 242 g/mol. The van der Waals surface area contributed by atoms with Gasteiger partial charge in [0.05, 0.1) is 0 Å². The third-order valence-corrected chi connectivity index (χ3v) is 1.99. The summed E-state index contributed by atoms with van der Waals surface area (Å²) in [4.78, 5) is 18.9. The zero-order chi connectivity index (χ0) is 12.1. The monoisotopic (exact) mass is 249 g/mol. The molecule has 5 nitrogen and oxygen atoms in total. The van der Waals surface area contributed by atoms with Crippen molar-refractivity contribution in [3.8, 4) is 5.75 Å². The molecule has 1 N–H and O–H groups in total. The number of halogens is 1. The average Bonchev–Trinajstić information content (AvgIpc) is 2.30. The maximum atomic E-state index is 11.5. The van der Waals surface area contributed by atoms with E-state index in [1.807, 2.05) is 6.07 Å². The summed E-state index contributed by atoms with van der Waals surface area (Å²) in [5.41, 5.74) is 0. The van der Waals surface area contributed by atoms with Crippen LogP contribution >= 0.6 is 11.6 Å². The van der Waals surface area contributed by atoms with Crippen molar-refractivity contribution in [2.75, 3.05) is 5.32 Å². The first-order valence-corrected chi connectivity index (χ1v) is 5.14. The van der Waals surface area contributed by atoms with Crippen molar-refractivity contribution >= 4 is 23.5 Å². The SMILES string of the molecule is O=C(Nc1ccnc(Cl)n1)Oc1ccccc1. The van der Waals surface area contributed by atoms with Gasteiger partial charge in [0.1, 0.15) is 11.6 Å². The molecule has 0 aliphatic heterocycles. The minimum atomic E-state index is -0.633. The first-order chi connectivity index (χ1) is 8.24. The largest absolute Gasteiger partial charge is 0.418 e. The average molecular weight is 250 g/mol. The Morgan fingerprint density at radius 3 is 2.71 bits per heavy atom. The number of rotatable bonds is 2. The summed E-state index contributed by atoms with van der Waals surface area (Å²) in [6.45, 7) is 0. The first-order valence-electron chi connectivity index (χ1n) is 4.76. The normalized spacial score (nSPS) is 9.71. The van der Waals surface area contributed by atoms with E-state index in [2.05, 4.69) is 15.3 Å². The van der Waals surface area contributed by atoms with Gasteiger partial charge in [-0.3, -0.25) is 5.32 Å². The van der Waals surface area contributed by atoms with Crippen LogP contribution in [0.5, 0.6) is 5.75 Å². The Balaban J connectivity index is 1.98. The molecule has 1 heterocycles. The molecule has 0 radical (unpaired) electrons. The number of anilines is 1. The number of nitrogens with one attached hydrogen (secondary N) is 1. The van der Waals surface area contributed by atoms with Crippen molar-refractivity contribution in [2.24, 2.45) is 0 Å². The number of aromatic nitrogens is 2. The molecule has 2 aromatic rings. The smallest absolute Gasteiger partial charge is 0.410 e. The van der Waals surface area contributed by atoms with Crippen molar-refractivity contribution in [2.45, 2.75) is 0 Å². The summed E-state index contributed by atoms with van der Waals surface area (Å²) >= 11 is 5.57. The van der Waals surface area contributed by atoms with Crippen LogP contribution in [-0.2, 0) is 0 Å². The summed E-state index contributed by atoms with van der Waals surface area (Å²) in [6, 6.07) is 10.2. The van der Waals surface area contributed by atoms with Gasteiger partial charge in [0.15, 0.2) is 0 Å². The topological polar surface area (TPSA) is 64.1 Å². The molecule has 0 atom stereocenters. The minimum absolute atomic E-state index is 0.0579. The van der Waals surface area contributed by atoms with Gasteiger partial charge >= 0.3 is 6.09 Å². The number of hydrogen-bond donors (Lipinski definition) is 1. The van der Waals surface area contributed by atoms with E-state index in [9.17, 15) is 4.79 Å².